The van der Waals surface area contributed by atoms with Gasteiger partial charge in [-0.05, 0) is 36.1 Å². The highest BCUT2D eigenvalue weighted by Crippen LogP contribution is 2.10. The lowest BCUT2D eigenvalue weighted by Gasteiger charge is -2.36. The topological polar surface area (TPSA) is 61.1 Å². The third-order valence-corrected chi connectivity index (χ3v) is 4.94. The van der Waals surface area contributed by atoms with Crippen LogP contribution in [0.25, 0.3) is 0 Å². The van der Waals surface area contributed by atoms with E-state index in [1.165, 1.54) is 17.4 Å². The Morgan fingerprint density at radius 3 is 2.29 bits per heavy atom. The van der Waals surface area contributed by atoms with Gasteiger partial charge in [-0.2, -0.15) is 0 Å². The smallest absolute Gasteiger partial charge is 0.289 e. The molecule has 1 fully saturated rings. The second kappa shape index (κ2) is 11.1. The quantitative estimate of drug-likeness (QED) is 0.393. The van der Waals surface area contributed by atoms with Crippen molar-refractivity contribution in [3.8, 4) is 0 Å². The van der Waals surface area contributed by atoms with Crippen molar-refractivity contribution in [1.29, 1.82) is 0 Å². The Kier molecular flexibility index (Phi) is 8.82. The first-order chi connectivity index (χ1) is 13.2. The molecule has 1 N–H and O–H groups in total. The molecule has 7 heteroatoms. The van der Waals surface area contributed by atoms with Gasteiger partial charge < -0.3 is 19.5 Å². The van der Waals surface area contributed by atoms with E-state index in [1.807, 2.05) is 4.90 Å². The molecule has 0 unspecified atom stereocenters. The number of guanidine groups is 1. The number of aliphatic imine (C=N–C) groups is 1. The molecule has 1 aromatic carbocycles. The molecule has 1 amide bonds. The van der Waals surface area contributed by atoms with Crippen molar-refractivity contribution in [2.45, 2.75) is 19.8 Å². The van der Waals surface area contributed by atoms with Crippen molar-refractivity contribution in [2.75, 3.05) is 39.8 Å². The second-order valence-electron chi connectivity index (χ2n) is 6.65. The van der Waals surface area contributed by atoms with Crippen molar-refractivity contribution in [3.63, 3.8) is 0 Å². The number of nitrogens with zero attached hydrogens (tertiary/aromatic N) is 3. The van der Waals surface area contributed by atoms with Crippen molar-refractivity contribution < 1.29 is 9.21 Å². The molecular weight excluding hydrogens is 467 g/mol. The normalized spacial score (nSPS) is 14.6. The van der Waals surface area contributed by atoms with Crippen LogP contribution in [0.4, 0.5) is 0 Å². The average Bonchev–Trinajstić information content (AvgIpc) is 3.26. The summed E-state index contributed by atoms with van der Waals surface area (Å²) in [7, 11) is 1.80. The number of carbonyl (C=O) groups excluding carboxylic acids is 1. The highest BCUT2D eigenvalue weighted by atomic mass is 127. The molecule has 2 aromatic rings. The molecule has 1 aliphatic rings. The Morgan fingerprint density at radius 2 is 1.71 bits per heavy atom. The Bertz CT molecular complexity index is 751. The molecule has 6 nitrogen and oxygen atoms in total. The van der Waals surface area contributed by atoms with Gasteiger partial charge in [0.2, 0.25) is 0 Å². The molecule has 0 spiro atoms. The molecule has 0 saturated carbocycles. The second-order valence-corrected chi connectivity index (χ2v) is 6.65. The zero-order chi connectivity index (χ0) is 19.1. The minimum atomic E-state index is -0.0434. The molecule has 0 radical (unpaired) electrons. The molecule has 28 heavy (non-hydrogen) atoms. The van der Waals surface area contributed by atoms with Crippen molar-refractivity contribution >= 4 is 35.8 Å². The molecule has 3 rings (SSSR count). The number of furan rings is 1. The van der Waals surface area contributed by atoms with E-state index in [9.17, 15) is 4.79 Å². The number of rotatable bonds is 5. The summed E-state index contributed by atoms with van der Waals surface area (Å²) < 4.78 is 5.21. The van der Waals surface area contributed by atoms with Gasteiger partial charge in [-0.3, -0.25) is 9.79 Å². The van der Waals surface area contributed by atoms with Gasteiger partial charge in [0.15, 0.2) is 11.7 Å². The number of hydrogen-bond acceptors (Lipinski definition) is 3. The van der Waals surface area contributed by atoms with Crippen LogP contribution < -0.4 is 5.32 Å². The predicted molar refractivity (Wildman–Crippen MR) is 122 cm³/mol. The van der Waals surface area contributed by atoms with Crippen molar-refractivity contribution in [3.05, 3.63) is 59.5 Å². The van der Waals surface area contributed by atoms with Crippen LogP contribution >= 0.6 is 24.0 Å². The fraction of sp³-hybridized carbons (Fsp3) is 0.429. The third kappa shape index (κ3) is 5.73. The van der Waals surface area contributed by atoms with E-state index in [4.69, 9.17) is 4.42 Å². The van der Waals surface area contributed by atoms with Gasteiger partial charge in [-0.1, -0.05) is 31.2 Å². The lowest BCUT2D eigenvalue weighted by atomic mass is 10.1. The SMILES string of the molecule is CCc1ccc(CCNC(=NC)N2CCN(C(=O)c3ccco3)CC2)cc1.I. The summed E-state index contributed by atoms with van der Waals surface area (Å²) in [5.74, 6) is 1.25. The summed E-state index contributed by atoms with van der Waals surface area (Å²) in [6.45, 7) is 5.86. The maximum absolute atomic E-state index is 12.3. The van der Waals surface area contributed by atoms with Crippen LogP contribution in [0.5, 0.6) is 0 Å². The van der Waals surface area contributed by atoms with E-state index in [2.05, 4.69) is 46.4 Å². The van der Waals surface area contributed by atoms with Crippen molar-refractivity contribution in [2.24, 2.45) is 4.99 Å². The van der Waals surface area contributed by atoms with Crippen LogP contribution in [0.1, 0.15) is 28.6 Å². The molecule has 0 aliphatic carbocycles. The first-order valence-corrected chi connectivity index (χ1v) is 9.57. The lowest BCUT2D eigenvalue weighted by molar-refractivity contribution is 0.0658. The Morgan fingerprint density at radius 1 is 1.07 bits per heavy atom. The fourth-order valence-electron chi connectivity index (χ4n) is 3.27. The van der Waals surface area contributed by atoms with E-state index in [0.29, 0.717) is 18.8 Å². The van der Waals surface area contributed by atoms with E-state index < -0.39 is 0 Å². The molecule has 1 aliphatic heterocycles. The predicted octanol–water partition coefficient (Wildman–Crippen LogP) is 3.04. The molecule has 1 saturated heterocycles. The van der Waals surface area contributed by atoms with Crippen LogP contribution in [0, 0.1) is 0 Å². The number of hydrogen-bond donors (Lipinski definition) is 1. The van der Waals surface area contributed by atoms with Crippen molar-refractivity contribution in [1.82, 2.24) is 15.1 Å². The highest BCUT2D eigenvalue weighted by Gasteiger charge is 2.24. The standard InChI is InChI=1S/C21H28N4O2.HI/c1-3-17-6-8-18(9-7-17)10-11-23-21(22-2)25-14-12-24(13-15-25)20(26)19-5-4-16-27-19;/h4-9,16H,3,10-15H2,1-2H3,(H,22,23);1H. The fourth-order valence-corrected chi connectivity index (χ4v) is 3.27. The highest BCUT2D eigenvalue weighted by molar-refractivity contribution is 14.0. The summed E-state index contributed by atoms with van der Waals surface area (Å²) in [6, 6.07) is 12.2. The Hall–Kier alpha value is -2.03. The number of piperazine rings is 1. The number of nitrogens with one attached hydrogen (secondary N) is 1. The Balaban J connectivity index is 0.00000280. The van der Waals surface area contributed by atoms with Gasteiger partial charge >= 0.3 is 0 Å². The van der Waals surface area contributed by atoms with E-state index >= 15 is 0 Å². The van der Waals surface area contributed by atoms with Gasteiger partial charge in [-0.15, -0.1) is 24.0 Å². The molecule has 2 heterocycles. The average molecular weight is 496 g/mol. The number of benzene rings is 1. The molecule has 1 aromatic heterocycles. The van der Waals surface area contributed by atoms with Gasteiger partial charge in [0.1, 0.15) is 0 Å². The minimum Gasteiger partial charge on any atom is -0.459 e. The number of halogens is 1. The number of carbonyl (C=O) groups is 1. The van der Waals surface area contributed by atoms with Crippen LogP contribution in [0.3, 0.4) is 0 Å². The first kappa shape index (κ1) is 22.3. The monoisotopic (exact) mass is 496 g/mol. The largest absolute Gasteiger partial charge is 0.459 e. The molecule has 0 bridgehead atoms. The third-order valence-electron chi connectivity index (χ3n) is 4.94. The van der Waals surface area contributed by atoms with Crippen LogP contribution in [0.2, 0.25) is 0 Å². The minimum absolute atomic E-state index is 0. The van der Waals surface area contributed by atoms with E-state index in [1.54, 1.807) is 19.2 Å². The van der Waals surface area contributed by atoms with Gasteiger partial charge in [0.25, 0.3) is 5.91 Å². The zero-order valence-corrected chi connectivity index (χ0v) is 18.9. The van der Waals surface area contributed by atoms with E-state index in [-0.39, 0.29) is 29.9 Å². The number of aryl methyl sites for hydroxylation is 1. The maximum atomic E-state index is 12.3. The van der Waals surface area contributed by atoms with Crippen LogP contribution in [0.15, 0.2) is 52.1 Å². The molecular formula is C21H29IN4O2. The maximum Gasteiger partial charge on any atom is 0.289 e. The Labute approximate surface area is 184 Å². The summed E-state index contributed by atoms with van der Waals surface area (Å²) in [5, 5.41) is 3.44. The molecule has 152 valence electrons. The van der Waals surface area contributed by atoms with E-state index in [0.717, 1.165) is 38.4 Å². The summed E-state index contributed by atoms with van der Waals surface area (Å²) in [4.78, 5) is 20.8. The van der Waals surface area contributed by atoms with Gasteiger partial charge in [0, 0.05) is 39.8 Å². The summed E-state index contributed by atoms with van der Waals surface area (Å²) >= 11 is 0. The van der Waals surface area contributed by atoms with Gasteiger partial charge in [0.05, 0.1) is 6.26 Å². The summed E-state index contributed by atoms with van der Waals surface area (Å²) in [5.41, 5.74) is 2.69. The molecule has 0 atom stereocenters. The zero-order valence-electron chi connectivity index (χ0n) is 16.6. The van der Waals surface area contributed by atoms with Crippen LogP contribution in [-0.2, 0) is 12.8 Å². The lowest BCUT2D eigenvalue weighted by Crippen LogP contribution is -2.53. The summed E-state index contributed by atoms with van der Waals surface area (Å²) in [6.07, 6.45) is 3.56. The van der Waals surface area contributed by atoms with Gasteiger partial charge in [-0.25, -0.2) is 0 Å². The van der Waals surface area contributed by atoms with Crippen LogP contribution in [-0.4, -0.2) is 61.4 Å². The first-order valence-electron chi connectivity index (χ1n) is 9.57. The number of amides is 1.